The number of nitrogens with one attached hydrogen (secondary N) is 2. The van der Waals surface area contributed by atoms with E-state index in [9.17, 15) is 9.59 Å². The molecule has 3 rings (SSSR count). The molecule has 1 unspecified atom stereocenters. The normalized spacial score (nSPS) is 11.3. The van der Waals surface area contributed by atoms with Crippen molar-refractivity contribution in [3.05, 3.63) is 95.6 Å². The highest BCUT2D eigenvalue weighted by Crippen LogP contribution is 2.19. The highest BCUT2D eigenvalue weighted by molar-refractivity contribution is 5.95. The van der Waals surface area contributed by atoms with Gasteiger partial charge in [-0.15, -0.1) is 0 Å². The maximum absolute atomic E-state index is 12.4. The van der Waals surface area contributed by atoms with Gasteiger partial charge in [0, 0.05) is 5.56 Å². The van der Waals surface area contributed by atoms with Gasteiger partial charge in [0.1, 0.15) is 18.1 Å². The second-order valence-corrected chi connectivity index (χ2v) is 7.02. The summed E-state index contributed by atoms with van der Waals surface area (Å²) in [5.74, 6) is 0.458. The van der Waals surface area contributed by atoms with Gasteiger partial charge in [-0.1, -0.05) is 55.5 Å². The van der Waals surface area contributed by atoms with Crippen LogP contribution in [-0.2, 0) is 11.4 Å². The van der Waals surface area contributed by atoms with Gasteiger partial charge in [-0.25, -0.2) is 0 Å². The van der Waals surface area contributed by atoms with E-state index in [0.717, 1.165) is 11.1 Å². The molecule has 0 aliphatic rings. The summed E-state index contributed by atoms with van der Waals surface area (Å²) in [7, 11) is 0. The summed E-state index contributed by atoms with van der Waals surface area (Å²) in [4.78, 5) is 24.8. The molecule has 3 aromatic carbocycles. The minimum Gasteiger partial charge on any atom is -0.489 e. The van der Waals surface area contributed by atoms with Gasteiger partial charge in [0.15, 0.2) is 6.10 Å². The van der Waals surface area contributed by atoms with Gasteiger partial charge in [-0.05, 0) is 54.8 Å². The van der Waals surface area contributed by atoms with E-state index in [0.29, 0.717) is 30.1 Å². The Kier molecular flexibility index (Phi) is 7.65. The quantitative estimate of drug-likeness (QED) is 0.538. The lowest BCUT2D eigenvalue weighted by Crippen LogP contribution is -2.48. The number of hydrogen-bond acceptors (Lipinski definition) is 4. The fourth-order valence-electron chi connectivity index (χ4n) is 2.88. The summed E-state index contributed by atoms with van der Waals surface area (Å²) in [5.41, 5.74) is 7.27. The summed E-state index contributed by atoms with van der Waals surface area (Å²) in [6, 6.07) is 24.0. The number of hydrazine groups is 1. The standard InChI is InChI=1S/C25H26N2O4/c1-3-22(31-23-12-8-7-9-18(23)2)25(29)27-26-24(28)20-13-15-21(16-14-20)30-17-19-10-5-4-6-11-19/h4-16,22H,3,17H2,1-2H3,(H,26,28)(H,27,29). The summed E-state index contributed by atoms with van der Waals surface area (Å²) >= 11 is 0. The van der Waals surface area contributed by atoms with E-state index in [4.69, 9.17) is 9.47 Å². The molecule has 0 aliphatic heterocycles. The molecule has 6 heteroatoms. The number of para-hydroxylation sites is 1. The molecule has 0 aliphatic carbocycles. The Morgan fingerprint density at radius 1 is 0.871 bits per heavy atom. The summed E-state index contributed by atoms with van der Waals surface area (Å²) < 4.78 is 11.5. The highest BCUT2D eigenvalue weighted by atomic mass is 16.5. The zero-order valence-corrected chi connectivity index (χ0v) is 17.6. The fraction of sp³-hybridized carbons (Fsp3) is 0.200. The molecule has 2 N–H and O–H groups in total. The van der Waals surface area contributed by atoms with Gasteiger partial charge in [-0.2, -0.15) is 0 Å². The predicted molar refractivity (Wildman–Crippen MR) is 119 cm³/mol. The molecule has 160 valence electrons. The lowest BCUT2D eigenvalue weighted by molar-refractivity contribution is -0.128. The zero-order chi connectivity index (χ0) is 22.1. The number of ether oxygens (including phenoxy) is 2. The van der Waals surface area contributed by atoms with E-state index in [2.05, 4.69) is 10.9 Å². The van der Waals surface area contributed by atoms with Crippen LogP contribution in [0.5, 0.6) is 11.5 Å². The van der Waals surface area contributed by atoms with Crippen LogP contribution in [0.2, 0.25) is 0 Å². The number of hydrogen-bond donors (Lipinski definition) is 2. The third-order valence-electron chi connectivity index (χ3n) is 4.69. The van der Waals surface area contributed by atoms with Crippen molar-refractivity contribution in [3.63, 3.8) is 0 Å². The number of benzene rings is 3. The molecule has 6 nitrogen and oxygen atoms in total. The van der Waals surface area contributed by atoms with Crippen LogP contribution in [-0.4, -0.2) is 17.9 Å². The first-order valence-electron chi connectivity index (χ1n) is 10.2. The first-order valence-corrected chi connectivity index (χ1v) is 10.2. The molecule has 0 saturated heterocycles. The second kappa shape index (κ2) is 10.8. The van der Waals surface area contributed by atoms with Crippen molar-refractivity contribution in [1.29, 1.82) is 0 Å². The van der Waals surface area contributed by atoms with Crippen molar-refractivity contribution in [1.82, 2.24) is 10.9 Å². The first kappa shape index (κ1) is 21.9. The van der Waals surface area contributed by atoms with Gasteiger partial charge in [0.05, 0.1) is 0 Å². The van der Waals surface area contributed by atoms with E-state index in [1.807, 2.05) is 68.4 Å². The van der Waals surface area contributed by atoms with Crippen LogP contribution in [0.25, 0.3) is 0 Å². The Labute approximate surface area is 182 Å². The van der Waals surface area contributed by atoms with E-state index >= 15 is 0 Å². The van der Waals surface area contributed by atoms with Crippen molar-refractivity contribution < 1.29 is 19.1 Å². The third-order valence-corrected chi connectivity index (χ3v) is 4.69. The van der Waals surface area contributed by atoms with E-state index in [1.54, 1.807) is 24.3 Å². The fourth-order valence-corrected chi connectivity index (χ4v) is 2.88. The van der Waals surface area contributed by atoms with E-state index in [-0.39, 0.29) is 0 Å². The number of carbonyl (C=O) groups is 2. The minimum absolute atomic E-state index is 0.403. The van der Waals surface area contributed by atoms with Crippen LogP contribution in [0.4, 0.5) is 0 Å². The molecule has 0 radical (unpaired) electrons. The average molecular weight is 418 g/mol. The van der Waals surface area contributed by atoms with Gasteiger partial charge < -0.3 is 9.47 Å². The molecule has 0 bridgehead atoms. The van der Waals surface area contributed by atoms with Gasteiger partial charge >= 0.3 is 0 Å². The van der Waals surface area contributed by atoms with Crippen molar-refractivity contribution in [2.75, 3.05) is 0 Å². The van der Waals surface area contributed by atoms with Gasteiger partial charge in [-0.3, -0.25) is 20.4 Å². The number of carbonyl (C=O) groups excluding carboxylic acids is 2. The smallest absolute Gasteiger partial charge is 0.279 e. The monoisotopic (exact) mass is 418 g/mol. The van der Waals surface area contributed by atoms with Crippen LogP contribution in [0.1, 0.15) is 34.8 Å². The highest BCUT2D eigenvalue weighted by Gasteiger charge is 2.20. The number of aryl methyl sites for hydroxylation is 1. The second-order valence-electron chi connectivity index (χ2n) is 7.02. The largest absolute Gasteiger partial charge is 0.489 e. The molecular weight excluding hydrogens is 392 g/mol. The average Bonchev–Trinajstić information content (AvgIpc) is 2.81. The van der Waals surface area contributed by atoms with Crippen LogP contribution in [0, 0.1) is 6.92 Å². The van der Waals surface area contributed by atoms with Crippen molar-refractivity contribution in [2.24, 2.45) is 0 Å². The van der Waals surface area contributed by atoms with Crippen LogP contribution < -0.4 is 20.3 Å². The minimum atomic E-state index is -0.713. The summed E-state index contributed by atoms with van der Waals surface area (Å²) in [5, 5.41) is 0. The van der Waals surface area contributed by atoms with Crippen LogP contribution in [0.15, 0.2) is 78.9 Å². The van der Waals surface area contributed by atoms with Crippen molar-refractivity contribution in [2.45, 2.75) is 33.0 Å². The lowest BCUT2D eigenvalue weighted by atomic mass is 10.2. The van der Waals surface area contributed by atoms with E-state index in [1.165, 1.54) is 0 Å². The molecule has 2 amide bonds. The Bertz CT molecular complexity index is 1000. The molecule has 31 heavy (non-hydrogen) atoms. The number of amides is 2. The topological polar surface area (TPSA) is 76.7 Å². The lowest BCUT2D eigenvalue weighted by Gasteiger charge is -2.18. The Balaban J connectivity index is 1.50. The Morgan fingerprint density at radius 2 is 1.55 bits per heavy atom. The zero-order valence-electron chi connectivity index (χ0n) is 17.6. The van der Waals surface area contributed by atoms with Crippen molar-refractivity contribution >= 4 is 11.8 Å². The maximum atomic E-state index is 12.4. The summed E-state index contributed by atoms with van der Waals surface area (Å²) in [6.45, 7) is 4.20. The molecule has 0 aromatic heterocycles. The Hall–Kier alpha value is -3.80. The molecule has 3 aromatic rings. The SMILES string of the molecule is CCC(Oc1ccccc1C)C(=O)NNC(=O)c1ccc(OCc2ccccc2)cc1. The molecule has 0 fully saturated rings. The van der Waals surface area contributed by atoms with Gasteiger partial charge in [0.2, 0.25) is 0 Å². The molecule has 1 atom stereocenters. The maximum Gasteiger partial charge on any atom is 0.279 e. The number of rotatable bonds is 8. The predicted octanol–water partition coefficient (Wildman–Crippen LogP) is 4.19. The molecule has 0 heterocycles. The third kappa shape index (κ3) is 6.34. The molecular formula is C25H26N2O4. The van der Waals surface area contributed by atoms with Crippen LogP contribution >= 0.6 is 0 Å². The molecule has 0 saturated carbocycles. The summed E-state index contributed by atoms with van der Waals surface area (Å²) in [6.07, 6.45) is -0.251. The van der Waals surface area contributed by atoms with Gasteiger partial charge in [0.25, 0.3) is 11.8 Å². The van der Waals surface area contributed by atoms with Crippen molar-refractivity contribution in [3.8, 4) is 11.5 Å². The Morgan fingerprint density at radius 3 is 2.23 bits per heavy atom. The first-order chi connectivity index (χ1) is 15.1. The van der Waals surface area contributed by atoms with E-state index < -0.39 is 17.9 Å². The molecule has 0 spiro atoms. The van der Waals surface area contributed by atoms with Crippen LogP contribution in [0.3, 0.4) is 0 Å².